The van der Waals surface area contributed by atoms with Gasteiger partial charge in [0, 0.05) is 15.3 Å². The number of halogens is 1. The predicted octanol–water partition coefficient (Wildman–Crippen LogP) is 4.94. The second kappa shape index (κ2) is 5.23. The number of carbonyl (C=O) groups is 1. The summed E-state index contributed by atoms with van der Waals surface area (Å²) in [5, 5.41) is 10.7. The number of carboxylic acid groups (broad SMARTS) is 1. The molecular formula is C15H9ClO3S. The summed E-state index contributed by atoms with van der Waals surface area (Å²) < 4.78 is 5.41. The zero-order chi connectivity index (χ0) is 14.1. The van der Waals surface area contributed by atoms with Crippen molar-refractivity contribution >= 4 is 40.3 Å². The number of para-hydroxylation sites is 1. The Morgan fingerprint density at radius 3 is 2.50 bits per heavy atom. The average molecular weight is 305 g/mol. The van der Waals surface area contributed by atoms with Gasteiger partial charge in [-0.05, 0) is 36.4 Å². The van der Waals surface area contributed by atoms with E-state index in [-0.39, 0.29) is 5.76 Å². The number of carboxylic acids is 1. The van der Waals surface area contributed by atoms with Crippen molar-refractivity contribution in [2.75, 3.05) is 0 Å². The maximum Gasteiger partial charge on any atom is 0.373 e. The molecule has 3 nitrogen and oxygen atoms in total. The Bertz CT molecular complexity index is 777. The van der Waals surface area contributed by atoms with E-state index in [4.69, 9.17) is 16.0 Å². The SMILES string of the molecule is O=C(O)c1oc2ccccc2c1Sc1ccc(Cl)cc1. The second-order valence-corrected chi connectivity index (χ2v) is 5.64. The average Bonchev–Trinajstić information content (AvgIpc) is 2.81. The van der Waals surface area contributed by atoms with E-state index in [0.29, 0.717) is 15.5 Å². The van der Waals surface area contributed by atoms with Crippen LogP contribution >= 0.6 is 23.4 Å². The summed E-state index contributed by atoms with van der Waals surface area (Å²) in [6.07, 6.45) is 0. The van der Waals surface area contributed by atoms with Crippen LogP contribution in [0.1, 0.15) is 10.6 Å². The largest absolute Gasteiger partial charge is 0.475 e. The van der Waals surface area contributed by atoms with Gasteiger partial charge in [0.2, 0.25) is 5.76 Å². The Kier molecular flexibility index (Phi) is 3.42. The normalized spacial score (nSPS) is 10.8. The number of hydrogen-bond acceptors (Lipinski definition) is 3. The van der Waals surface area contributed by atoms with Gasteiger partial charge in [0.15, 0.2) is 0 Å². The van der Waals surface area contributed by atoms with Gasteiger partial charge in [0.25, 0.3) is 0 Å². The Labute approximate surface area is 124 Å². The van der Waals surface area contributed by atoms with Crippen molar-refractivity contribution in [1.29, 1.82) is 0 Å². The first-order valence-electron chi connectivity index (χ1n) is 5.83. The summed E-state index contributed by atoms with van der Waals surface area (Å²) >= 11 is 7.20. The molecule has 20 heavy (non-hydrogen) atoms. The topological polar surface area (TPSA) is 50.4 Å². The molecule has 0 radical (unpaired) electrons. The van der Waals surface area contributed by atoms with Crippen LogP contribution in [0.25, 0.3) is 11.0 Å². The molecule has 100 valence electrons. The molecule has 3 aromatic rings. The van der Waals surface area contributed by atoms with Crippen LogP contribution in [0.3, 0.4) is 0 Å². The molecule has 0 spiro atoms. The highest BCUT2D eigenvalue weighted by Gasteiger charge is 2.20. The molecule has 0 bridgehead atoms. The van der Waals surface area contributed by atoms with Gasteiger partial charge in [-0.25, -0.2) is 4.79 Å². The van der Waals surface area contributed by atoms with Gasteiger partial charge >= 0.3 is 5.97 Å². The molecule has 0 fully saturated rings. The summed E-state index contributed by atoms with van der Waals surface area (Å²) in [7, 11) is 0. The van der Waals surface area contributed by atoms with Crippen LogP contribution < -0.4 is 0 Å². The highest BCUT2D eigenvalue weighted by Crippen LogP contribution is 2.38. The molecule has 1 aromatic heterocycles. The van der Waals surface area contributed by atoms with Gasteiger partial charge in [-0.1, -0.05) is 35.5 Å². The summed E-state index contributed by atoms with van der Waals surface area (Å²) in [5.74, 6) is -1.11. The fourth-order valence-electron chi connectivity index (χ4n) is 1.88. The molecule has 3 rings (SSSR count). The quantitative estimate of drug-likeness (QED) is 0.745. The Balaban J connectivity index is 2.11. The maximum atomic E-state index is 11.3. The Hall–Kier alpha value is -1.91. The first-order chi connectivity index (χ1) is 9.65. The third-order valence-electron chi connectivity index (χ3n) is 2.78. The van der Waals surface area contributed by atoms with Crippen molar-refractivity contribution in [3.05, 3.63) is 59.3 Å². The van der Waals surface area contributed by atoms with Crippen molar-refractivity contribution < 1.29 is 14.3 Å². The van der Waals surface area contributed by atoms with E-state index in [9.17, 15) is 9.90 Å². The minimum Gasteiger partial charge on any atom is -0.475 e. The molecular weight excluding hydrogens is 296 g/mol. The molecule has 0 saturated carbocycles. The van der Waals surface area contributed by atoms with E-state index in [1.807, 2.05) is 30.3 Å². The highest BCUT2D eigenvalue weighted by molar-refractivity contribution is 7.99. The van der Waals surface area contributed by atoms with E-state index in [0.717, 1.165) is 10.3 Å². The second-order valence-electron chi connectivity index (χ2n) is 4.12. The van der Waals surface area contributed by atoms with Crippen LogP contribution in [-0.2, 0) is 0 Å². The highest BCUT2D eigenvalue weighted by atomic mass is 35.5. The summed E-state index contributed by atoms with van der Waals surface area (Å²) in [4.78, 5) is 12.8. The van der Waals surface area contributed by atoms with Crippen molar-refractivity contribution in [3.63, 3.8) is 0 Å². The number of furan rings is 1. The van der Waals surface area contributed by atoms with Gasteiger partial charge in [0.05, 0.1) is 4.90 Å². The van der Waals surface area contributed by atoms with Gasteiger partial charge in [-0.3, -0.25) is 0 Å². The minimum atomic E-state index is -1.07. The number of benzene rings is 2. The molecule has 0 saturated heterocycles. The molecule has 1 heterocycles. The van der Waals surface area contributed by atoms with E-state index >= 15 is 0 Å². The lowest BCUT2D eigenvalue weighted by molar-refractivity contribution is 0.0660. The van der Waals surface area contributed by atoms with Crippen molar-refractivity contribution in [2.24, 2.45) is 0 Å². The first-order valence-corrected chi connectivity index (χ1v) is 7.03. The number of rotatable bonds is 3. The maximum absolute atomic E-state index is 11.3. The predicted molar refractivity (Wildman–Crippen MR) is 78.7 cm³/mol. The fraction of sp³-hybridized carbons (Fsp3) is 0. The van der Waals surface area contributed by atoms with Gasteiger partial charge in [0.1, 0.15) is 5.58 Å². The van der Waals surface area contributed by atoms with E-state index < -0.39 is 5.97 Å². The van der Waals surface area contributed by atoms with Crippen LogP contribution in [-0.4, -0.2) is 11.1 Å². The molecule has 2 aromatic carbocycles. The molecule has 0 aliphatic rings. The molecule has 0 atom stereocenters. The monoisotopic (exact) mass is 304 g/mol. The summed E-state index contributed by atoms with van der Waals surface area (Å²) in [6.45, 7) is 0. The summed E-state index contributed by atoms with van der Waals surface area (Å²) in [6, 6.07) is 14.5. The Morgan fingerprint density at radius 2 is 1.80 bits per heavy atom. The van der Waals surface area contributed by atoms with Gasteiger partial charge < -0.3 is 9.52 Å². The van der Waals surface area contributed by atoms with Crippen LogP contribution in [0.2, 0.25) is 5.02 Å². The van der Waals surface area contributed by atoms with E-state index in [1.165, 1.54) is 11.8 Å². The van der Waals surface area contributed by atoms with E-state index in [1.54, 1.807) is 18.2 Å². The zero-order valence-electron chi connectivity index (χ0n) is 10.2. The zero-order valence-corrected chi connectivity index (χ0v) is 11.7. The minimum absolute atomic E-state index is 0.0360. The van der Waals surface area contributed by atoms with Gasteiger partial charge in [-0.2, -0.15) is 0 Å². The molecule has 0 amide bonds. The molecule has 0 unspecified atom stereocenters. The third-order valence-corrected chi connectivity index (χ3v) is 4.15. The fourth-order valence-corrected chi connectivity index (χ4v) is 3.02. The van der Waals surface area contributed by atoms with Crippen molar-refractivity contribution in [2.45, 2.75) is 9.79 Å². The lowest BCUT2D eigenvalue weighted by atomic mass is 10.2. The number of hydrogen-bond donors (Lipinski definition) is 1. The molecule has 0 aliphatic carbocycles. The molecule has 0 aliphatic heterocycles. The van der Waals surface area contributed by atoms with Crippen molar-refractivity contribution in [1.82, 2.24) is 0 Å². The Morgan fingerprint density at radius 1 is 1.10 bits per heavy atom. The lowest BCUT2D eigenvalue weighted by Crippen LogP contribution is -1.94. The number of fused-ring (bicyclic) bond motifs is 1. The lowest BCUT2D eigenvalue weighted by Gasteiger charge is -2.01. The standard InChI is InChI=1S/C15H9ClO3S/c16-9-5-7-10(8-6-9)20-14-11-3-1-2-4-12(11)19-13(14)15(17)18/h1-8H,(H,17,18). The van der Waals surface area contributed by atoms with Crippen LogP contribution in [0.4, 0.5) is 0 Å². The van der Waals surface area contributed by atoms with Crippen LogP contribution in [0.15, 0.2) is 62.7 Å². The van der Waals surface area contributed by atoms with Crippen molar-refractivity contribution in [3.8, 4) is 0 Å². The van der Waals surface area contributed by atoms with Crippen LogP contribution in [0, 0.1) is 0 Å². The third kappa shape index (κ3) is 2.40. The molecule has 5 heteroatoms. The van der Waals surface area contributed by atoms with Gasteiger partial charge in [-0.15, -0.1) is 0 Å². The van der Waals surface area contributed by atoms with E-state index in [2.05, 4.69) is 0 Å². The molecule has 1 N–H and O–H groups in total. The summed E-state index contributed by atoms with van der Waals surface area (Å²) in [5.41, 5.74) is 0.571. The number of aromatic carboxylic acids is 1. The van der Waals surface area contributed by atoms with Crippen LogP contribution in [0.5, 0.6) is 0 Å². The smallest absolute Gasteiger partial charge is 0.373 e. The first kappa shape index (κ1) is 13.1.